The van der Waals surface area contributed by atoms with Gasteiger partial charge in [-0.1, -0.05) is 24.8 Å². The molecule has 0 fully saturated rings. The van der Waals surface area contributed by atoms with Crippen LogP contribution in [0, 0.1) is 0 Å². The van der Waals surface area contributed by atoms with Crippen LogP contribution in [0.15, 0.2) is 85.7 Å². The van der Waals surface area contributed by atoms with Crippen LogP contribution in [-0.2, 0) is 16.6 Å². The van der Waals surface area contributed by atoms with Gasteiger partial charge in [0.05, 0.1) is 41.5 Å². The highest BCUT2D eigenvalue weighted by molar-refractivity contribution is 6.02. The highest BCUT2D eigenvalue weighted by atomic mass is 16.5. The molecular weight excluding hydrogens is 638 g/mol. The predicted octanol–water partition coefficient (Wildman–Crippen LogP) is 5.54. The fourth-order valence-electron chi connectivity index (χ4n) is 5.29. The van der Waals surface area contributed by atoms with E-state index in [-0.39, 0.29) is 36.2 Å². The number of para-hydroxylation sites is 1. The minimum atomic E-state index is -0.686. The number of hydrogen-bond donors (Lipinski definition) is 4. The van der Waals surface area contributed by atoms with Crippen LogP contribution >= 0.6 is 0 Å². The van der Waals surface area contributed by atoms with E-state index in [0.29, 0.717) is 41.7 Å². The lowest BCUT2D eigenvalue weighted by atomic mass is 10.1. The van der Waals surface area contributed by atoms with E-state index in [4.69, 9.17) is 14.5 Å². The number of anilines is 4. The van der Waals surface area contributed by atoms with Crippen LogP contribution < -0.4 is 20.3 Å². The van der Waals surface area contributed by atoms with Crippen molar-refractivity contribution in [2.45, 2.75) is 6.42 Å². The Hall–Kier alpha value is -6.08. The summed E-state index contributed by atoms with van der Waals surface area (Å²) in [6, 6.07) is 17.1. The van der Waals surface area contributed by atoms with E-state index in [9.17, 15) is 19.8 Å². The fourth-order valence-corrected chi connectivity index (χ4v) is 5.29. The molecule has 0 saturated heterocycles. The minimum absolute atomic E-state index is 0.0251. The molecule has 2 heterocycles. The quantitative estimate of drug-likeness (QED) is 0.0627. The van der Waals surface area contributed by atoms with E-state index < -0.39 is 5.97 Å². The summed E-state index contributed by atoms with van der Waals surface area (Å²) in [5, 5.41) is 26.6. The lowest BCUT2D eigenvalue weighted by Gasteiger charge is -2.26. The van der Waals surface area contributed by atoms with E-state index >= 15 is 0 Å². The van der Waals surface area contributed by atoms with E-state index in [1.807, 2.05) is 63.6 Å². The van der Waals surface area contributed by atoms with Crippen LogP contribution in [0.25, 0.3) is 22.2 Å². The molecule has 5 rings (SSSR count). The van der Waals surface area contributed by atoms with Crippen molar-refractivity contribution in [1.82, 2.24) is 19.4 Å². The molecule has 13 nitrogen and oxygen atoms in total. The summed E-state index contributed by atoms with van der Waals surface area (Å²) < 4.78 is 13.6. The molecule has 0 atom stereocenters. The number of carbonyl (C=O) groups is 2. The van der Waals surface area contributed by atoms with E-state index in [1.165, 1.54) is 18.2 Å². The first kappa shape index (κ1) is 35.2. The number of aryl methyl sites for hydroxylation is 1. The number of esters is 1. The third kappa shape index (κ3) is 8.68. The molecule has 0 spiro atoms. The molecule has 13 heteroatoms. The van der Waals surface area contributed by atoms with Crippen molar-refractivity contribution in [3.8, 4) is 28.5 Å². The molecule has 0 aliphatic carbocycles. The summed E-state index contributed by atoms with van der Waals surface area (Å²) >= 11 is 0. The zero-order valence-electron chi connectivity index (χ0n) is 28.5. The highest BCUT2D eigenvalue weighted by Gasteiger charge is 2.18. The van der Waals surface area contributed by atoms with Gasteiger partial charge in [0.15, 0.2) is 0 Å². The van der Waals surface area contributed by atoms with Gasteiger partial charge >= 0.3 is 5.97 Å². The maximum Gasteiger partial charge on any atom is 0.338 e. The molecule has 0 bridgehead atoms. The van der Waals surface area contributed by atoms with Gasteiger partial charge < -0.3 is 44.7 Å². The Kier molecular flexibility index (Phi) is 11.2. The number of phenolic OH excluding ortho intramolecular Hbond substituents is 2. The number of nitrogens with zero attached hydrogens (tertiary/aromatic N) is 5. The van der Waals surface area contributed by atoms with Gasteiger partial charge in [0.2, 0.25) is 11.9 Å². The fraction of sp³-hybridized carbons (Fsp3) is 0.243. The van der Waals surface area contributed by atoms with Gasteiger partial charge in [0.1, 0.15) is 17.2 Å². The van der Waals surface area contributed by atoms with E-state index in [0.717, 1.165) is 34.8 Å². The second kappa shape index (κ2) is 15.9. The van der Waals surface area contributed by atoms with Gasteiger partial charge in [-0.15, -0.1) is 0 Å². The summed E-state index contributed by atoms with van der Waals surface area (Å²) in [6.45, 7) is 5.22. The van der Waals surface area contributed by atoms with Crippen LogP contribution in [0.4, 0.5) is 23.0 Å². The number of benzene rings is 3. The lowest BCUT2D eigenvalue weighted by Crippen LogP contribution is -2.29. The topological polar surface area (TPSA) is 154 Å². The van der Waals surface area contributed by atoms with Crippen molar-refractivity contribution in [3.63, 3.8) is 0 Å². The lowest BCUT2D eigenvalue weighted by molar-refractivity contribution is -0.111. The van der Waals surface area contributed by atoms with E-state index in [2.05, 4.69) is 43.8 Å². The molecule has 0 aliphatic rings. The first-order valence-electron chi connectivity index (χ1n) is 16.0. The first-order valence-corrected chi connectivity index (χ1v) is 16.0. The second-order valence-corrected chi connectivity index (χ2v) is 11.9. The second-order valence-electron chi connectivity index (χ2n) is 11.9. The molecule has 1 amide bonds. The van der Waals surface area contributed by atoms with Crippen molar-refractivity contribution in [2.24, 2.45) is 7.05 Å². The summed E-state index contributed by atoms with van der Waals surface area (Å²) in [5.74, 6) is -0.774. The maximum absolute atomic E-state index is 12.5. The standard InChI is InChI=1S/C37H41N7O6/c1-6-35(47)39-30-21-31(41-37-38-13-12-29(40-37)28-23-44(5)32-11-8-7-10-27(28)32)34(22-33(30)43(4)15-14-42(2)3)49-16-9-17-50-36(48)24-18-25(45)20-26(46)19-24/h6-8,10-13,18-23,45-46H,1,9,14-17H2,2-5H3,(H,39,47)(H,38,40,41). The van der Waals surface area contributed by atoms with Crippen LogP contribution in [-0.4, -0.2) is 89.0 Å². The normalized spacial score (nSPS) is 11.0. The van der Waals surface area contributed by atoms with Crippen molar-refractivity contribution < 1.29 is 29.3 Å². The number of fused-ring (bicyclic) bond motifs is 1. The first-order chi connectivity index (χ1) is 24.0. The van der Waals surface area contributed by atoms with Crippen molar-refractivity contribution in [1.29, 1.82) is 0 Å². The summed E-state index contributed by atoms with van der Waals surface area (Å²) in [7, 11) is 7.88. The average molecular weight is 680 g/mol. The number of phenols is 2. The molecule has 3 aromatic carbocycles. The zero-order valence-corrected chi connectivity index (χ0v) is 28.5. The van der Waals surface area contributed by atoms with Gasteiger partial charge in [-0.2, -0.15) is 0 Å². The molecule has 0 unspecified atom stereocenters. The molecule has 0 saturated carbocycles. The molecule has 260 valence electrons. The van der Waals surface area contributed by atoms with Crippen LogP contribution in [0.5, 0.6) is 17.2 Å². The minimum Gasteiger partial charge on any atom is -0.508 e. The third-order valence-electron chi connectivity index (χ3n) is 7.83. The van der Waals surface area contributed by atoms with E-state index in [1.54, 1.807) is 12.3 Å². The molecule has 0 radical (unpaired) electrons. The Morgan fingerprint density at radius 3 is 2.48 bits per heavy atom. The van der Waals surface area contributed by atoms with Crippen LogP contribution in [0.2, 0.25) is 0 Å². The van der Waals surface area contributed by atoms with Gasteiger partial charge in [-0.25, -0.2) is 14.8 Å². The summed E-state index contributed by atoms with van der Waals surface area (Å²) in [4.78, 5) is 38.4. The van der Waals surface area contributed by atoms with Gasteiger partial charge in [-0.05, 0) is 50.5 Å². The van der Waals surface area contributed by atoms with Crippen molar-refractivity contribution in [2.75, 3.05) is 63.0 Å². The summed E-state index contributed by atoms with van der Waals surface area (Å²) in [6.07, 6.45) is 5.25. The SMILES string of the molecule is C=CC(=O)Nc1cc(Nc2nccc(-c3cn(C)c4ccccc34)n2)c(OCCCOC(=O)c2cc(O)cc(O)c2)cc1N(C)CCN(C)C. The van der Waals surface area contributed by atoms with Gasteiger partial charge in [-0.3, -0.25) is 4.79 Å². The molecule has 50 heavy (non-hydrogen) atoms. The largest absolute Gasteiger partial charge is 0.508 e. The number of ether oxygens (including phenoxy) is 2. The molecule has 0 aliphatic heterocycles. The monoisotopic (exact) mass is 679 g/mol. The molecule has 2 aromatic heterocycles. The molecule has 5 aromatic rings. The number of carbonyl (C=O) groups excluding carboxylic acids is 2. The smallest absolute Gasteiger partial charge is 0.338 e. The van der Waals surface area contributed by atoms with Gasteiger partial charge in [0, 0.05) is 74.6 Å². The van der Waals surface area contributed by atoms with Crippen molar-refractivity contribution in [3.05, 3.63) is 91.3 Å². The number of rotatable bonds is 15. The summed E-state index contributed by atoms with van der Waals surface area (Å²) in [5.41, 5.74) is 4.53. The number of amides is 1. The number of nitrogens with one attached hydrogen (secondary N) is 2. The number of aromatic hydroxyl groups is 2. The van der Waals surface area contributed by atoms with Crippen LogP contribution in [0.3, 0.4) is 0 Å². The Bertz CT molecular complexity index is 1990. The predicted molar refractivity (Wildman–Crippen MR) is 194 cm³/mol. The number of hydrogen-bond acceptors (Lipinski definition) is 11. The molecule has 4 N–H and O–H groups in total. The Morgan fingerprint density at radius 1 is 0.980 bits per heavy atom. The Labute approximate surface area is 290 Å². The zero-order chi connectivity index (χ0) is 35.8. The van der Waals surface area contributed by atoms with Gasteiger partial charge in [0.25, 0.3) is 0 Å². The third-order valence-corrected chi connectivity index (χ3v) is 7.83. The highest BCUT2D eigenvalue weighted by Crippen LogP contribution is 2.39. The average Bonchev–Trinajstić information content (AvgIpc) is 3.43. The van der Waals surface area contributed by atoms with Crippen molar-refractivity contribution >= 4 is 45.8 Å². The molecular formula is C37H41N7O6. The maximum atomic E-state index is 12.5. The Morgan fingerprint density at radius 2 is 1.74 bits per heavy atom. The Balaban J connectivity index is 1.42. The number of aromatic nitrogens is 3. The van der Waals surface area contributed by atoms with Crippen LogP contribution in [0.1, 0.15) is 16.8 Å². The number of likely N-dealkylation sites (N-methyl/N-ethyl adjacent to an activating group) is 2.